The van der Waals surface area contributed by atoms with Gasteiger partial charge in [-0.1, -0.05) is 0 Å². The lowest BCUT2D eigenvalue weighted by Gasteiger charge is -2.38. The van der Waals surface area contributed by atoms with Gasteiger partial charge in [0.25, 0.3) is 0 Å². The van der Waals surface area contributed by atoms with Crippen LogP contribution < -0.4 is 5.32 Å². The van der Waals surface area contributed by atoms with E-state index in [1.807, 2.05) is 7.05 Å². The van der Waals surface area contributed by atoms with Crippen LogP contribution in [0, 0.1) is 0 Å². The standard InChI is InChI=1S/C11H20N2O3/c1-12-10(14)13(2)9-3-5-11(6-4-9)15-7-8-16-11/h9H,3-8H2,1-2H3,(H,12,14). The van der Waals surface area contributed by atoms with Gasteiger partial charge in [-0.15, -0.1) is 0 Å². The van der Waals surface area contributed by atoms with E-state index >= 15 is 0 Å². The molecule has 1 aliphatic heterocycles. The lowest BCUT2D eigenvalue weighted by atomic mass is 9.89. The molecule has 1 aliphatic carbocycles. The van der Waals surface area contributed by atoms with Crippen LogP contribution in [0.4, 0.5) is 4.79 Å². The van der Waals surface area contributed by atoms with Crippen LogP contribution in [0.15, 0.2) is 0 Å². The lowest BCUT2D eigenvalue weighted by molar-refractivity contribution is -0.182. The largest absolute Gasteiger partial charge is 0.348 e. The van der Waals surface area contributed by atoms with Crippen molar-refractivity contribution in [3.05, 3.63) is 0 Å². The molecule has 0 aromatic rings. The van der Waals surface area contributed by atoms with Crippen molar-refractivity contribution in [1.82, 2.24) is 10.2 Å². The molecule has 0 unspecified atom stereocenters. The second kappa shape index (κ2) is 4.59. The highest BCUT2D eigenvalue weighted by Gasteiger charge is 2.41. The second-order valence-corrected chi connectivity index (χ2v) is 4.50. The molecule has 0 atom stereocenters. The molecule has 1 heterocycles. The molecule has 1 spiro atoms. The Bertz CT molecular complexity index is 254. The molecule has 1 N–H and O–H groups in total. The van der Waals surface area contributed by atoms with E-state index in [1.165, 1.54) is 0 Å². The van der Waals surface area contributed by atoms with E-state index in [0.717, 1.165) is 25.7 Å². The van der Waals surface area contributed by atoms with Gasteiger partial charge >= 0.3 is 6.03 Å². The van der Waals surface area contributed by atoms with Crippen molar-refractivity contribution < 1.29 is 14.3 Å². The molecule has 1 saturated carbocycles. The number of ether oxygens (including phenoxy) is 2. The molecule has 2 fully saturated rings. The Morgan fingerprint density at radius 2 is 1.88 bits per heavy atom. The van der Waals surface area contributed by atoms with Crippen molar-refractivity contribution >= 4 is 6.03 Å². The van der Waals surface area contributed by atoms with Crippen molar-refractivity contribution in [1.29, 1.82) is 0 Å². The number of hydrogen-bond acceptors (Lipinski definition) is 3. The highest BCUT2D eigenvalue weighted by atomic mass is 16.7. The maximum Gasteiger partial charge on any atom is 0.317 e. The zero-order valence-corrected chi connectivity index (χ0v) is 9.99. The summed E-state index contributed by atoms with van der Waals surface area (Å²) in [7, 11) is 3.50. The van der Waals surface area contributed by atoms with Gasteiger partial charge in [-0.05, 0) is 12.8 Å². The van der Waals surface area contributed by atoms with E-state index in [4.69, 9.17) is 9.47 Å². The third kappa shape index (κ3) is 2.15. The quantitative estimate of drug-likeness (QED) is 0.726. The summed E-state index contributed by atoms with van der Waals surface area (Å²) in [5.41, 5.74) is 0. The predicted octanol–water partition coefficient (Wildman–Crippen LogP) is 0.943. The first kappa shape index (κ1) is 11.7. The highest BCUT2D eigenvalue weighted by molar-refractivity contribution is 5.73. The molecule has 92 valence electrons. The van der Waals surface area contributed by atoms with Gasteiger partial charge in [0, 0.05) is 33.0 Å². The zero-order chi connectivity index (χ0) is 11.6. The van der Waals surface area contributed by atoms with E-state index < -0.39 is 0 Å². The Balaban J connectivity index is 1.87. The van der Waals surface area contributed by atoms with Gasteiger partial charge in [0.05, 0.1) is 13.2 Å². The minimum absolute atomic E-state index is 0.0193. The zero-order valence-electron chi connectivity index (χ0n) is 9.99. The minimum atomic E-state index is -0.333. The fourth-order valence-corrected chi connectivity index (χ4v) is 2.56. The fourth-order valence-electron chi connectivity index (χ4n) is 2.56. The summed E-state index contributed by atoms with van der Waals surface area (Å²) in [5.74, 6) is -0.333. The SMILES string of the molecule is CNC(=O)N(C)C1CCC2(CC1)OCCO2. The number of carbonyl (C=O) groups excluding carboxylic acids is 1. The third-order valence-corrected chi connectivity index (χ3v) is 3.61. The Hall–Kier alpha value is -0.810. The van der Waals surface area contributed by atoms with Gasteiger partial charge in [0.1, 0.15) is 0 Å². The van der Waals surface area contributed by atoms with Gasteiger partial charge in [-0.2, -0.15) is 0 Å². The van der Waals surface area contributed by atoms with Crippen LogP contribution in [0.2, 0.25) is 0 Å². The van der Waals surface area contributed by atoms with E-state index in [-0.39, 0.29) is 11.8 Å². The number of amides is 2. The van der Waals surface area contributed by atoms with E-state index in [0.29, 0.717) is 19.3 Å². The maximum atomic E-state index is 11.5. The topological polar surface area (TPSA) is 50.8 Å². The summed E-state index contributed by atoms with van der Waals surface area (Å²) in [6, 6.07) is 0.285. The predicted molar refractivity (Wildman–Crippen MR) is 59.1 cm³/mol. The van der Waals surface area contributed by atoms with Crippen molar-refractivity contribution in [3.8, 4) is 0 Å². The Morgan fingerprint density at radius 1 is 1.31 bits per heavy atom. The molecule has 5 heteroatoms. The first-order chi connectivity index (χ1) is 7.67. The van der Waals surface area contributed by atoms with Crippen molar-refractivity contribution in [2.45, 2.75) is 37.5 Å². The number of nitrogens with one attached hydrogen (secondary N) is 1. The average Bonchev–Trinajstić information content (AvgIpc) is 2.77. The van der Waals surface area contributed by atoms with Crippen LogP contribution in [0.5, 0.6) is 0 Å². The summed E-state index contributed by atoms with van der Waals surface area (Å²) < 4.78 is 11.3. The first-order valence-electron chi connectivity index (χ1n) is 5.89. The van der Waals surface area contributed by atoms with Crippen molar-refractivity contribution in [3.63, 3.8) is 0 Å². The summed E-state index contributed by atoms with van der Waals surface area (Å²) in [6.45, 7) is 1.41. The smallest absolute Gasteiger partial charge is 0.317 e. The summed E-state index contributed by atoms with van der Waals surface area (Å²) >= 11 is 0. The first-order valence-corrected chi connectivity index (χ1v) is 5.89. The molecule has 2 aliphatic rings. The highest BCUT2D eigenvalue weighted by Crippen LogP contribution is 2.36. The number of hydrogen-bond donors (Lipinski definition) is 1. The Kier molecular flexibility index (Phi) is 3.35. The van der Waals surface area contributed by atoms with Crippen LogP contribution in [0.1, 0.15) is 25.7 Å². The molecule has 0 aromatic carbocycles. The van der Waals surface area contributed by atoms with E-state index in [9.17, 15) is 4.79 Å². The molecule has 2 amide bonds. The fraction of sp³-hybridized carbons (Fsp3) is 0.909. The van der Waals surface area contributed by atoms with Crippen LogP contribution in [-0.2, 0) is 9.47 Å². The van der Waals surface area contributed by atoms with Crippen LogP contribution in [0.3, 0.4) is 0 Å². The van der Waals surface area contributed by atoms with Crippen LogP contribution >= 0.6 is 0 Å². The molecular weight excluding hydrogens is 208 g/mol. The molecule has 0 aromatic heterocycles. The Labute approximate surface area is 96.1 Å². The summed E-state index contributed by atoms with van der Waals surface area (Å²) in [4.78, 5) is 13.3. The Morgan fingerprint density at radius 3 is 2.38 bits per heavy atom. The number of urea groups is 1. The number of nitrogens with zero attached hydrogens (tertiary/aromatic N) is 1. The molecular formula is C11H20N2O3. The van der Waals surface area contributed by atoms with Crippen molar-refractivity contribution in [2.24, 2.45) is 0 Å². The van der Waals surface area contributed by atoms with Gasteiger partial charge in [0.2, 0.25) is 0 Å². The maximum absolute atomic E-state index is 11.5. The van der Waals surface area contributed by atoms with Gasteiger partial charge < -0.3 is 19.7 Å². The monoisotopic (exact) mass is 228 g/mol. The molecule has 2 rings (SSSR count). The molecule has 0 bridgehead atoms. The minimum Gasteiger partial charge on any atom is -0.348 e. The van der Waals surface area contributed by atoms with Gasteiger partial charge in [-0.3, -0.25) is 0 Å². The molecule has 1 saturated heterocycles. The van der Waals surface area contributed by atoms with Gasteiger partial charge in [-0.25, -0.2) is 4.79 Å². The lowest BCUT2D eigenvalue weighted by Crippen LogP contribution is -2.47. The van der Waals surface area contributed by atoms with E-state index in [1.54, 1.807) is 11.9 Å². The molecule has 16 heavy (non-hydrogen) atoms. The molecule has 5 nitrogen and oxygen atoms in total. The number of rotatable bonds is 1. The summed E-state index contributed by atoms with van der Waals surface area (Å²) in [5, 5.41) is 2.65. The van der Waals surface area contributed by atoms with Crippen LogP contribution in [-0.4, -0.2) is 50.1 Å². The second-order valence-electron chi connectivity index (χ2n) is 4.50. The normalized spacial score (nSPS) is 24.6. The summed E-state index contributed by atoms with van der Waals surface area (Å²) in [6.07, 6.45) is 3.67. The number of carbonyl (C=O) groups is 1. The van der Waals surface area contributed by atoms with Crippen molar-refractivity contribution in [2.75, 3.05) is 27.3 Å². The average molecular weight is 228 g/mol. The van der Waals surface area contributed by atoms with Crippen LogP contribution in [0.25, 0.3) is 0 Å². The van der Waals surface area contributed by atoms with E-state index in [2.05, 4.69) is 5.32 Å². The van der Waals surface area contributed by atoms with Gasteiger partial charge in [0.15, 0.2) is 5.79 Å². The third-order valence-electron chi connectivity index (χ3n) is 3.61. The molecule has 0 radical (unpaired) electrons.